The Morgan fingerprint density at radius 1 is 1.12 bits per heavy atom. The van der Waals surface area contributed by atoms with Gasteiger partial charge in [0, 0.05) is 39.3 Å². The Bertz CT molecular complexity index is 715. The summed E-state index contributed by atoms with van der Waals surface area (Å²) in [7, 11) is 0. The average Bonchev–Trinajstić information content (AvgIpc) is 3.29. The molecule has 25 heavy (non-hydrogen) atoms. The van der Waals surface area contributed by atoms with E-state index in [0.717, 1.165) is 67.5 Å². The van der Waals surface area contributed by atoms with Gasteiger partial charge in [-0.1, -0.05) is 24.3 Å². The van der Waals surface area contributed by atoms with Gasteiger partial charge in [0.1, 0.15) is 0 Å². The van der Waals surface area contributed by atoms with E-state index in [0.29, 0.717) is 6.79 Å². The topological polar surface area (TPSA) is 62.8 Å². The lowest BCUT2D eigenvalue weighted by molar-refractivity contribution is 0.174. The molecule has 2 aliphatic heterocycles. The fourth-order valence-electron chi connectivity index (χ4n) is 3.04. The molecule has 7 nitrogen and oxygen atoms in total. The van der Waals surface area contributed by atoms with E-state index in [-0.39, 0.29) is 0 Å². The van der Waals surface area contributed by atoms with Crippen molar-refractivity contribution in [2.45, 2.75) is 19.9 Å². The third-order valence-electron chi connectivity index (χ3n) is 4.43. The predicted molar refractivity (Wildman–Crippen MR) is 98.7 cm³/mol. The lowest BCUT2D eigenvalue weighted by Crippen LogP contribution is -2.45. The van der Waals surface area contributed by atoms with Crippen LogP contribution in [-0.2, 0) is 6.54 Å². The molecule has 0 unspecified atom stereocenters. The minimum Gasteiger partial charge on any atom is -0.454 e. The summed E-state index contributed by atoms with van der Waals surface area (Å²) in [6, 6.07) is 6.21. The van der Waals surface area contributed by atoms with Crippen LogP contribution in [0.4, 0.5) is 10.3 Å². The van der Waals surface area contributed by atoms with Gasteiger partial charge < -0.3 is 19.7 Å². The zero-order chi connectivity index (χ0) is 17.1. The van der Waals surface area contributed by atoms with Gasteiger partial charge in [-0.3, -0.25) is 4.90 Å². The maximum absolute atomic E-state index is 5.46. The predicted octanol–water partition coefficient (Wildman–Crippen LogP) is 2.41. The van der Waals surface area contributed by atoms with Crippen LogP contribution in [0.15, 0.2) is 18.2 Å². The highest BCUT2D eigenvalue weighted by Gasteiger charge is 2.21. The monoisotopic (exact) mass is 361 g/mol. The number of aromatic nitrogens is 2. The van der Waals surface area contributed by atoms with E-state index < -0.39 is 0 Å². The summed E-state index contributed by atoms with van der Waals surface area (Å²) >= 11 is 1.64. The van der Waals surface area contributed by atoms with Crippen LogP contribution in [0, 0.1) is 0 Å². The Labute approximate surface area is 151 Å². The number of benzene rings is 1. The van der Waals surface area contributed by atoms with E-state index in [1.807, 2.05) is 6.07 Å². The highest BCUT2D eigenvalue weighted by atomic mass is 32.1. The summed E-state index contributed by atoms with van der Waals surface area (Å²) in [5, 5.41) is 13.8. The molecule has 0 spiro atoms. The molecule has 2 aliphatic rings. The molecule has 134 valence electrons. The number of piperazine rings is 1. The van der Waals surface area contributed by atoms with Crippen LogP contribution < -0.4 is 19.7 Å². The molecule has 4 rings (SSSR count). The molecule has 1 N–H and O–H groups in total. The van der Waals surface area contributed by atoms with Crippen LogP contribution in [-0.4, -0.2) is 54.6 Å². The van der Waals surface area contributed by atoms with Gasteiger partial charge in [0.05, 0.1) is 0 Å². The Balaban J connectivity index is 1.30. The zero-order valence-corrected chi connectivity index (χ0v) is 15.2. The quantitative estimate of drug-likeness (QED) is 0.848. The Morgan fingerprint density at radius 2 is 1.96 bits per heavy atom. The van der Waals surface area contributed by atoms with Crippen LogP contribution in [0.2, 0.25) is 0 Å². The number of anilines is 2. The first-order chi connectivity index (χ1) is 12.3. The van der Waals surface area contributed by atoms with Crippen molar-refractivity contribution < 1.29 is 9.47 Å². The summed E-state index contributed by atoms with van der Waals surface area (Å²) in [5.41, 5.74) is 1.26. The summed E-state index contributed by atoms with van der Waals surface area (Å²) in [5.74, 6) is 1.70. The molecular formula is C17H23N5O2S. The van der Waals surface area contributed by atoms with Crippen molar-refractivity contribution in [1.29, 1.82) is 0 Å². The van der Waals surface area contributed by atoms with Crippen molar-refractivity contribution in [2.75, 3.05) is 49.7 Å². The molecule has 0 aliphatic carbocycles. The van der Waals surface area contributed by atoms with E-state index in [4.69, 9.17) is 9.47 Å². The van der Waals surface area contributed by atoms with Gasteiger partial charge in [-0.05, 0) is 24.1 Å². The number of rotatable bonds is 6. The molecule has 0 radical (unpaired) electrons. The SMILES string of the molecule is CCCNc1nnc(N2CCN(Cc3ccc4c(c3)OCO4)CC2)s1. The smallest absolute Gasteiger partial charge is 0.231 e. The molecule has 1 fully saturated rings. The average molecular weight is 361 g/mol. The number of nitrogens with zero attached hydrogens (tertiary/aromatic N) is 4. The fourth-order valence-corrected chi connectivity index (χ4v) is 3.86. The van der Waals surface area contributed by atoms with Crippen LogP contribution >= 0.6 is 11.3 Å². The number of hydrogen-bond donors (Lipinski definition) is 1. The first kappa shape index (κ1) is 16.4. The van der Waals surface area contributed by atoms with Crippen molar-refractivity contribution in [3.05, 3.63) is 23.8 Å². The highest BCUT2D eigenvalue weighted by Crippen LogP contribution is 2.33. The summed E-state index contributed by atoms with van der Waals surface area (Å²) in [6.45, 7) is 8.35. The van der Waals surface area contributed by atoms with Crippen molar-refractivity contribution in [3.63, 3.8) is 0 Å². The summed E-state index contributed by atoms with van der Waals surface area (Å²) in [4.78, 5) is 4.79. The van der Waals surface area contributed by atoms with Crippen LogP contribution in [0.5, 0.6) is 11.5 Å². The minimum atomic E-state index is 0.328. The van der Waals surface area contributed by atoms with E-state index in [2.05, 4.69) is 44.4 Å². The minimum absolute atomic E-state index is 0.328. The van der Waals surface area contributed by atoms with Crippen LogP contribution in [0.3, 0.4) is 0 Å². The van der Waals surface area contributed by atoms with Crippen molar-refractivity contribution in [1.82, 2.24) is 15.1 Å². The Kier molecular flexibility index (Phi) is 4.89. The van der Waals surface area contributed by atoms with E-state index in [9.17, 15) is 0 Å². The van der Waals surface area contributed by atoms with Gasteiger partial charge in [-0.2, -0.15) is 0 Å². The second-order valence-corrected chi connectivity index (χ2v) is 7.22. The molecule has 1 saturated heterocycles. The molecule has 2 aromatic rings. The molecular weight excluding hydrogens is 338 g/mol. The van der Waals surface area contributed by atoms with E-state index in [1.165, 1.54) is 5.56 Å². The van der Waals surface area contributed by atoms with Crippen LogP contribution in [0.25, 0.3) is 0 Å². The molecule has 0 atom stereocenters. The molecule has 8 heteroatoms. The maximum Gasteiger partial charge on any atom is 0.231 e. The molecule has 0 saturated carbocycles. The van der Waals surface area contributed by atoms with Crippen molar-refractivity contribution in [3.8, 4) is 11.5 Å². The molecule has 0 bridgehead atoms. The fraction of sp³-hybridized carbons (Fsp3) is 0.529. The first-order valence-electron chi connectivity index (χ1n) is 8.75. The number of fused-ring (bicyclic) bond motifs is 1. The highest BCUT2D eigenvalue weighted by molar-refractivity contribution is 7.19. The second kappa shape index (κ2) is 7.45. The van der Waals surface area contributed by atoms with Gasteiger partial charge in [0.15, 0.2) is 11.5 Å². The van der Waals surface area contributed by atoms with Crippen molar-refractivity contribution in [2.24, 2.45) is 0 Å². The molecule has 1 aromatic carbocycles. The van der Waals surface area contributed by atoms with E-state index >= 15 is 0 Å². The van der Waals surface area contributed by atoms with Gasteiger partial charge in [0.2, 0.25) is 17.1 Å². The number of ether oxygens (including phenoxy) is 2. The molecule has 1 aromatic heterocycles. The van der Waals surface area contributed by atoms with Crippen molar-refractivity contribution >= 4 is 21.6 Å². The maximum atomic E-state index is 5.46. The standard InChI is InChI=1S/C17H23N5O2S/c1-2-5-18-16-19-20-17(25-16)22-8-6-21(7-9-22)11-13-3-4-14-15(10-13)24-12-23-14/h3-4,10H,2,5-9,11-12H2,1H3,(H,18,19). The number of nitrogens with one attached hydrogen (secondary N) is 1. The van der Waals surface area contributed by atoms with Gasteiger partial charge in [-0.15, -0.1) is 10.2 Å². The number of hydrogen-bond acceptors (Lipinski definition) is 8. The molecule has 3 heterocycles. The Hall–Kier alpha value is -2.06. The Morgan fingerprint density at radius 3 is 2.80 bits per heavy atom. The third-order valence-corrected chi connectivity index (χ3v) is 5.37. The van der Waals surface area contributed by atoms with Crippen LogP contribution in [0.1, 0.15) is 18.9 Å². The third kappa shape index (κ3) is 3.80. The normalized spacial score (nSPS) is 17.1. The molecule has 0 amide bonds. The largest absolute Gasteiger partial charge is 0.454 e. The lowest BCUT2D eigenvalue weighted by atomic mass is 10.1. The summed E-state index contributed by atoms with van der Waals surface area (Å²) < 4.78 is 10.8. The first-order valence-corrected chi connectivity index (χ1v) is 9.56. The van der Waals surface area contributed by atoms with Gasteiger partial charge in [0.25, 0.3) is 0 Å². The zero-order valence-electron chi connectivity index (χ0n) is 14.4. The van der Waals surface area contributed by atoms with E-state index in [1.54, 1.807) is 11.3 Å². The lowest BCUT2D eigenvalue weighted by Gasteiger charge is -2.34. The van der Waals surface area contributed by atoms with Gasteiger partial charge in [-0.25, -0.2) is 0 Å². The van der Waals surface area contributed by atoms with Gasteiger partial charge >= 0.3 is 0 Å². The second-order valence-electron chi connectivity index (χ2n) is 6.27. The summed E-state index contributed by atoms with van der Waals surface area (Å²) in [6.07, 6.45) is 1.09.